The number of rotatable bonds is 6. The fourth-order valence-electron chi connectivity index (χ4n) is 3.25. The molecule has 0 aliphatic heterocycles. The van der Waals surface area contributed by atoms with E-state index in [0.717, 1.165) is 42.0 Å². The molecule has 136 valence electrons. The molecule has 0 aromatic heterocycles. The third kappa shape index (κ3) is 4.60. The highest BCUT2D eigenvalue weighted by Gasteiger charge is 2.11. The smallest absolute Gasteiger partial charge is 0.126 e. The van der Waals surface area contributed by atoms with Gasteiger partial charge in [-0.2, -0.15) is 5.26 Å². The summed E-state index contributed by atoms with van der Waals surface area (Å²) in [5.74, 6) is -1.19. The van der Waals surface area contributed by atoms with E-state index in [9.17, 15) is 8.78 Å². The second kappa shape index (κ2) is 8.60. The predicted octanol–water partition coefficient (Wildman–Crippen LogP) is 6.90. The first-order valence-electron chi connectivity index (χ1n) is 9.20. The molecule has 0 bridgehead atoms. The Balaban J connectivity index is 2.09. The molecule has 3 aromatic carbocycles. The van der Waals surface area contributed by atoms with E-state index in [1.165, 1.54) is 24.1 Å². The standard InChI is InChI=1S/C24H21F2N/c1-2-3-4-5-17-8-11-23(20-13-21(25)15-22(26)14-20)24(12-17)19-9-6-18(16-27)7-10-19/h6-15H,2-5H2,1H3. The molecule has 0 N–H and O–H groups in total. The second-order valence-electron chi connectivity index (χ2n) is 6.68. The van der Waals surface area contributed by atoms with Gasteiger partial charge in [-0.3, -0.25) is 0 Å². The zero-order valence-electron chi connectivity index (χ0n) is 15.3. The molecule has 3 aromatic rings. The minimum absolute atomic E-state index is 0.506. The van der Waals surface area contributed by atoms with Gasteiger partial charge in [-0.25, -0.2) is 8.78 Å². The lowest BCUT2D eigenvalue weighted by atomic mass is 9.91. The van der Waals surface area contributed by atoms with Crippen molar-refractivity contribution in [3.8, 4) is 28.3 Å². The Morgan fingerprint density at radius 1 is 0.778 bits per heavy atom. The minimum Gasteiger partial charge on any atom is -0.207 e. The summed E-state index contributed by atoms with van der Waals surface area (Å²) in [6, 6.07) is 19.0. The molecule has 3 heteroatoms. The van der Waals surface area contributed by atoms with Crippen LogP contribution in [-0.2, 0) is 6.42 Å². The summed E-state index contributed by atoms with van der Waals surface area (Å²) in [5.41, 5.74) is 4.90. The van der Waals surface area contributed by atoms with Crippen LogP contribution in [0.3, 0.4) is 0 Å². The van der Waals surface area contributed by atoms with E-state index in [1.807, 2.05) is 24.3 Å². The van der Waals surface area contributed by atoms with Gasteiger partial charge in [0.15, 0.2) is 0 Å². The third-order valence-electron chi connectivity index (χ3n) is 4.65. The number of hydrogen-bond donors (Lipinski definition) is 0. The average Bonchev–Trinajstić information content (AvgIpc) is 2.67. The summed E-state index contributed by atoms with van der Waals surface area (Å²) in [7, 11) is 0. The van der Waals surface area contributed by atoms with Gasteiger partial charge >= 0.3 is 0 Å². The van der Waals surface area contributed by atoms with Crippen LogP contribution in [0.4, 0.5) is 8.78 Å². The van der Waals surface area contributed by atoms with Crippen LogP contribution >= 0.6 is 0 Å². The lowest BCUT2D eigenvalue weighted by Crippen LogP contribution is -1.92. The summed E-state index contributed by atoms with van der Waals surface area (Å²) >= 11 is 0. The molecule has 0 aliphatic rings. The number of nitriles is 1. The van der Waals surface area contributed by atoms with E-state index in [4.69, 9.17) is 5.26 Å². The topological polar surface area (TPSA) is 23.8 Å². The Morgan fingerprint density at radius 2 is 1.48 bits per heavy atom. The summed E-state index contributed by atoms with van der Waals surface area (Å²) in [5, 5.41) is 9.02. The van der Waals surface area contributed by atoms with Crippen LogP contribution in [0.25, 0.3) is 22.3 Å². The molecule has 3 rings (SSSR count). The number of benzene rings is 3. The van der Waals surface area contributed by atoms with Crippen molar-refractivity contribution in [2.24, 2.45) is 0 Å². The Hall–Kier alpha value is -2.99. The van der Waals surface area contributed by atoms with E-state index in [-0.39, 0.29) is 0 Å². The molecule has 27 heavy (non-hydrogen) atoms. The number of aryl methyl sites for hydroxylation is 1. The third-order valence-corrected chi connectivity index (χ3v) is 4.65. The highest BCUT2D eigenvalue weighted by molar-refractivity contribution is 5.84. The molecule has 0 atom stereocenters. The van der Waals surface area contributed by atoms with Gasteiger partial charge in [0.05, 0.1) is 11.6 Å². The molecule has 0 radical (unpaired) electrons. The van der Waals surface area contributed by atoms with Crippen LogP contribution in [0.1, 0.15) is 37.3 Å². The minimum atomic E-state index is -0.595. The van der Waals surface area contributed by atoms with Crippen molar-refractivity contribution in [1.82, 2.24) is 0 Å². The van der Waals surface area contributed by atoms with E-state index in [0.29, 0.717) is 11.1 Å². The zero-order chi connectivity index (χ0) is 19.2. The van der Waals surface area contributed by atoms with Gasteiger partial charge in [0.2, 0.25) is 0 Å². The Kier molecular flexibility index (Phi) is 5.98. The summed E-state index contributed by atoms with van der Waals surface area (Å²) in [6.07, 6.45) is 4.40. The second-order valence-corrected chi connectivity index (χ2v) is 6.68. The normalized spacial score (nSPS) is 10.6. The maximum Gasteiger partial charge on any atom is 0.126 e. The van der Waals surface area contributed by atoms with Crippen molar-refractivity contribution in [3.63, 3.8) is 0 Å². The van der Waals surface area contributed by atoms with Crippen molar-refractivity contribution in [2.75, 3.05) is 0 Å². The molecule has 0 saturated carbocycles. The maximum atomic E-state index is 13.8. The van der Waals surface area contributed by atoms with Crippen molar-refractivity contribution in [1.29, 1.82) is 5.26 Å². The lowest BCUT2D eigenvalue weighted by Gasteiger charge is -2.13. The van der Waals surface area contributed by atoms with Crippen molar-refractivity contribution in [3.05, 3.63) is 83.4 Å². The van der Waals surface area contributed by atoms with Crippen LogP contribution in [-0.4, -0.2) is 0 Å². The van der Waals surface area contributed by atoms with Crippen LogP contribution in [0.2, 0.25) is 0 Å². The monoisotopic (exact) mass is 361 g/mol. The van der Waals surface area contributed by atoms with E-state index in [1.54, 1.807) is 12.1 Å². The first kappa shape index (κ1) is 18.8. The maximum absolute atomic E-state index is 13.8. The lowest BCUT2D eigenvalue weighted by molar-refractivity contribution is 0.584. The molecule has 0 spiro atoms. The van der Waals surface area contributed by atoms with Gasteiger partial charge < -0.3 is 0 Å². The van der Waals surface area contributed by atoms with Crippen LogP contribution < -0.4 is 0 Å². The molecule has 1 nitrogen and oxygen atoms in total. The SMILES string of the molecule is CCCCCc1ccc(-c2cc(F)cc(F)c2)c(-c2ccc(C#N)cc2)c1. The number of unbranched alkanes of at least 4 members (excludes halogenated alkanes) is 2. The number of nitrogens with zero attached hydrogens (tertiary/aromatic N) is 1. The molecule has 0 fully saturated rings. The molecule has 0 aliphatic carbocycles. The highest BCUT2D eigenvalue weighted by Crippen LogP contribution is 2.34. The van der Waals surface area contributed by atoms with Crippen molar-refractivity contribution < 1.29 is 8.78 Å². The van der Waals surface area contributed by atoms with Gasteiger partial charge in [-0.05, 0) is 64.9 Å². The Labute approximate surface area is 158 Å². The van der Waals surface area contributed by atoms with Crippen LogP contribution in [0.5, 0.6) is 0 Å². The molecular weight excluding hydrogens is 340 g/mol. The highest BCUT2D eigenvalue weighted by atomic mass is 19.1. The predicted molar refractivity (Wildman–Crippen MR) is 105 cm³/mol. The summed E-state index contributed by atoms with van der Waals surface area (Å²) in [4.78, 5) is 0. The quantitative estimate of drug-likeness (QED) is 0.438. The molecule has 0 unspecified atom stereocenters. The van der Waals surface area contributed by atoms with Crippen molar-refractivity contribution >= 4 is 0 Å². The van der Waals surface area contributed by atoms with Crippen LogP contribution in [0.15, 0.2) is 60.7 Å². The van der Waals surface area contributed by atoms with Gasteiger partial charge in [0.1, 0.15) is 11.6 Å². The Bertz CT molecular complexity index is 948. The summed E-state index contributed by atoms with van der Waals surface area (Å²) in [6.45, 7) is 2.17. The molecular formula is C24H21F2N. The zero-order valence-corrected chi connectivity index (χ0v) is 15.3. The molecule has 0 heterocycles. The average molecular weight is 361 g/mol. The fourth-order valence-corrected chi connectivity index (χ4v) is 3.25. The number of halogens is 2. The van der Waals surface area contributed by atoms with Crippen LogP contribution in [0, 0.1) is 23.0 Å². The van der Waals surface area contributed by atoms with E-state index >= 15 is 0 Å². The Morgan fingerprint density at radius 3 is 2.11 bits per heavy atom. The summed E-state index contributed by atoms with van der Waals surface area (Å²) < 4.78 is 27.5. The first-order chi connectivity index (χ1) is 13.1. The largest absolute Gasteiger partial charge is 0.207 e. The van der Waals surface area contributed by atoms with E-state index in [2.05, 4.69) is 19.1 Å². The van der Waals surface area contributed by atoms with Gasteiger partial charge in [0, 0.05) is 6.07 Å². The van der Waals surface area contributed by atoms with Gasteiger partial charge in [0.25, 0.3) is 0 Å². The van der Waals surface area contributed by atoms with Gasteiger partial charge in [-0.15, -0.1) is 0 Å². The molecule has 0 amide bonds. The van der Waals surface area contributed by atoms with Crippen molar-refractivity contribution in [2.45, 2.75) is 32.6 Å². The van der Waals surface area contributed by atoms with Gasteiger partial charge in [-0.1, -0.05) is 50.1 Å². The fraction of sp³-hybridized carbons (Fsp3) is 0.208. The van der Waals surface area contributed by atoms with E-state index < -0.39 is 11.6 Å². The number of hydrogen-bond acceptors (Lipinski definition) is 1. The molecule has 0 saturated heterocycles. The first-order valence-corrected chi connectivity index (χ1v) is 9.20.